The van der Waals surface area contributed by atoms with E-state index in [0.29, 0.717) is 19.5 Å². The molecule has 8 heteroatoms. The Labute approximate surface area is 224 Å². The maximum Gasteiger partial charge on any atom is 0.246 e. The lowest BCUT2D eigenvalue weighted by molar-refractivity contribution is -0.144. The Morgan fingerprint density at radius 1 is 1.05 bits per heavy atom. The quantitative estimate of drug-likeness (QED) is 0.368. The summed E-state index contributed by atoms with van der Waals surface area (Å²) >= 11 is 0. The minimum absolute atomic E-state index is 0.0246. The van der Waals surface area contributed by atoms with Crippen molar-refractivity contribution in [1.82, 2.24) is 25.8 Å². The van der Waals surface area contributed by atoms with Crippen molar-refractivity contribution in [1.29, 1.82) is 0 Å². The number of carbonyl (C=O) groups is 3. The van der Waals surface area contributed by atoms with Gasteiger partial charge in [-0.3, -0.25) is 14.4 Å². The molecular weight excluding hydrogens is 478 g/mol. The van der Waals surface area contributed by atoms with Gasteiger partial charge in [-0.2, -0.15) is 0 Å². The third-order valence-corrected chi connectivity index (χ3v) is 7.51. The van der Waals surface area contributed by atoms with Crippen LogP contribution in [-0.2, 0) is 20.9 Å². The first-order valence-electron chi connectivity index (χ1n) is 13.3. The number of aromatic amines is 1. The van der Waals surface area contributed by atoms with E-state index in [4.69, 9.17) is 0 Å². The van der Waals surface area contributed by atoms with Crippen molar-refractivity contribution in [3.63, 3.8) is 0 Å². The Morgan fingerprint density at radius 2 is 1.74 bits per heavy atom. The number of amides is 3. The Bertz CT molecular complexity index is 1280. The average Bonchev–Trinajstić information content (AvgIpc) is 3.54. The van der Waals surface area contributed by atoms with Gasteiger partial charge in [0.2, 0.25) is 17.7 Å². The molecule has 3 amide bonds. The van der Waals surface area contributed by atoms with Gasteiger partial charge in [0.25, 0.3) is 0 Å². The molecular formula is C30H39N5O3. The number of carbonyl (C=O) groups excluding carboxylic acids is 3. The second-order valence-corrected chi connectivity index (χ2v) is 11.2. The fraction of sp³-hybridized carbons (Fsp3) is 0.433. The van der Waals surface area contributed by atoms with E-state index < -0.39 is 23.5 Å². The van der Waals surface area contributed by atoms with Crippen LogP contribution in [0.1, 0.15) is 51.2 Å². The Hall–Kier alpha value is -3.65. The van der Waals surface area contributed by atoms with E-state index in [1.165, 1.54) is 0 Å². The number of rotatable bonds is 8. The second-order valence-electron chi connectivity index (χ2n) is 11.2. The van der Waals surface area contributed by atoms with Crippen LogP contribution in [0.2, 0.25) is 0 Å². The third kappa shape index (κ3) is 5.91. The summed E-state index contributed by atoms with van der Waals surface area (Å²) in [7, 11) is 1.71. The number of para-hydroxylation sites is 1. The number of nitrogens with zero attached hydrogens (tertiary/aromatic N) is 1. The van der Waals surface area contributed by atoms with Crippen LogP contribution < -0.4 is 16.0 Å². The number of nitrogens with one attached hydrogen (secondary N) is 4. The van der Waals surface area contributed by atoms with E-state index in [1.54, 1.807) is 18.9 Å². The number of fused-ring (bicyclic) bond motifs is 1. The molecule has 0 bridgehead atoms. The third-order valence-electron chi connectivity index (χ3n) is 7.51. The van der Waals surface area contributed by atoms with Gasteiger partial charge in [0, 0.05) is 36.1 Å². The van der Waals surface area contributed by atoms with Crippen LogP contribution in [0.5, 0.6) is 0 Å². The van der Waals surface area contributed by atoms with Crippen LogP contribution in [0, 0.1) is 5.41 Å². The zero-order chi connectivity index (χ0) is 27.4. The van der Waals surface area contributed by atoms with E-state index in [2.05, 4.69) is 20.9 Å². The van der Waals surface area contributed by atoms with E-state index in [-0.39, 0.29) is 23.6 Å². The molecule has 1 aromatic heterocycles. The van der Waals surface area contributed by atoms with Gasteiger partial charge in [-0.25, -0.2) is 0 Å². The van der Waals surface area contributed by atoms with Crippen molar-refractivity contribution < 1.29 is 14.4 Å². The summed E-state index contributed by atoms with van der Waals surface area (Å²) in [6, 6.07) is 16.1. The van der Waals surface area contributed by atoms with E-state index in [9.17, 15) is 14.4 Å². The number of benzene rings is 2. The van der Waals surface area contributed by atoms with Crippen LogP contribution >= 0.6 is 0 Å². The summed E-state index contributed by atoms with van der Waals surface area (Å²) in [5.41, 5.74) is 2.55. The molecule has 1 aliphatic rings. The van der Waals surface area contributed by atoms with E-state index in [0.717, 1.165) is 22.0 Å². The lowest BCUT2D eigenvalue weighted by Crippen LogP contribution is -2.59. The number of hydrogen-bond acceptors (Lipinski definition) is 4. The number of H-pyrrole nitrogens is 1. The van der Waals surface area contributed by atoms with Gasteiger partial charge >= 0.3 is 0 Å². The summed E-state index contributed by atoms with van der Waals surface area (Å²) in [5, 5.41) is 10.00. The number of likely N-dealkylation sites (tertiary alicyclic amines) is 1. The Morgan fingerprint density at radius 3 is 2.42 bits per heavy atom. The van der Waals surface area contributed by atoms with Crippen molar-refractivity contribution in [3.05, 3.63) is 71.9 Å². The first-order valence-corrected chi connectivity index (χ1v) is 13.3. The summed E-state index contributed by atoms with van der Waals surface area (Å²) in [6.07, 6.45) is 2.43. The van der Waals surface area contributed by atoms with Crippen molar-refractivity contribution in [2.24, 2.45) is 5.41 Å². The SMILES string of the molecule is CN[C@@H](C)C(=O)N[C@H](C(=O)N1C[C@H](c2ccccc2)C[C@H]1C(=O)NCc1c[nH]c2ccccc12)C(C)(C)C. The second kappa shape index (κ2) is 11.4. The van der Waals surface area contributed by atoms with Crippen LogP contribution in [0.3, 0.4) is 0 Å². The van der Waals surface area contributed by atoms with Crippen LogP contribution in [0.4, 0.5) is 0 Å². The van der Waals surface area contributed by atoms with E-state index in [1.807, 2.05) is 81.6 Å². The molecule has 38 heavy (non-hydrogen) atoms. The Kier molecular flexibility index (Phi) is 8.21. The van der Waals surface area contributed by atoms with Gasteiger partial charge < -0.3 is 25.8 Å². The largest absolute Gasteiger partial charge is 0.361 e. The molecule has 4 rings (SSSR count). The summed E-state index contributed by atoms with van der Waals surface area (Å²) in [5.74, 6) is -0.652. The molecule has 0 unspecified atom stereocenters. The summed E-state index contributed by atoms with van der Waals surface area (Å²) < 4.78 is 0. The minimum atomic E-state index is -0.774. The molecule has 0 radical (unpaired) electrons. The first-order chi connectivity index (χ1) is 18.1. The van der Waals surface area contributed by atoms with Gasteiger partial charge in [-0.05, 0) is 43.0 Å². The summed E-state index contributed by atoms with van der Waals surface area (Å²) in [6.45, 7) is 8.31. The standard InChI is InChI=1S/C30H39N5O3/c1-19(31-5)27(36)34-26(30(2,3)4)29(38)35-18-21(20-11-7-6-8-12-20)15-25(35)28(37)33-17-22-16-32-24-14-10-9-13-23(22)24/h6-14,16,19,21,25-26,31-32H,15,17-18H2,1-5H3,(H,33,37)(H,34,36)/t19-,21+,25-,26+/m0/s1. The number of likely N-dealkylation sites (N-methyl/N-ethyl adjacent to an activating group) is 1. The molecule has 8 nitrogen and oxygen atoms in total. The molecule has 0 spiro atoms. The maximum atomic E-state index is 14.0. The molecule has 1 fully saturated rings. The van der Waals surface area contributed by atoms with Gasteiger partial charge in [0.1, 0.15) is 12.1 Å². The zero-order valence-electron chi connectivity index (χ0n) is 22.9. The van der Waals surface area contributed by atoms with Gasteiger partial charge in [0.05, 0.1) is 6.04 Å². The molecule has 2 aromatic carbocycles. The molecule has 3 aromatic rings. The lowest BCUT2D eigenvalue weighted by Gasteiger charge is -2.36. The van der Waals surface area contributed by atoms with Crippen LogP contribution in [0.25, 0.3) is 10.9 Å². The monoisotopic (exact) mass is 517 g/mol. The van der Waals surface area contributed by atoms with Crippen molar-refractivity contribution in [2.75, 3.05) is 13.6 Å². The van der Waals surface area contributed by atoms with Crippen LogP contribution in [-0.4, -0.2) is 59.3 Å². The highest BCUT2D eigenvalue weighted by Gasteiger charge is 2.45. The Balaban J connectivity index is 1.58. The van der Waals surface area contributed by atoms with Crippen molar-refractivity contribution in [2.45, 2.75) is 64.7 Å². The normalized spacial score (nSPS) is 19.2. The fourth-order valence-electron chi connectivity index (χ4n) is 5.09. The predicted molar refractivity (Wildman–Crippen MR) is 149 cm³/mol. The van der Waals surface area contributed by atoms with Crippen molar-refractivity contribution in [3.8, 4) is 0 Å². The maximum absolute atomic E-state index is 14.0. The molecule has 1 saturated heterocycles. The molecule has 4 N–H and O–H groups in total. The minimum Gasteiger partial charge on any atom is -0.361 e. The molecule has 0 aliphatic carbocycles. The summed E-state index contributed by atoms with van der Waals surface area (Å²) in [4.78, 5) is 45.3. The topological polar surface area (TPSA) is 106 Å². The highest BCUT2D eigenvalue weighted by Crippen LogP contribution is 2.34. The van der Waals surface area contributed by atoms with Gasteiger partial charge in [-0.15, -0.1) is 0 Å². The highest BCUT2D eigenvalue weighted by molar-refractivity contribution is 5.94. The highest BCUT2D eigenvalue weighted by atomic mass is 16.2. The number of aromatic nitrogens is 1. The van der Waals surface area contributed by atoms with Crippen LogP contribution in [0.15, 0.2) is 60.8 Å². The average molecular weight is 518 g/mol. The van der Waals surface area contributed by atoms with Gasteiger partial charge in [0.15, 0.2) is 0 Å². The lowest BCUT2D eigenvalue weighted by atomic mass is 9.85. The zero-order valence-corrected chi connectivity index (χ0v) is 22.9. The molecule has 202 valence electrons. The van der Waals surface area contributed by atoms with Gasteiger partial charge in [-0.1, -0.05) is 69.3 Å². The van der Waals surface area contributed by atoms with Crippen molar-refractivity contribution >= 4 is 28.6 Å². The fourth-order valence-corrected chi connectivity index (χ4v) is 5.09. The molecule has 1 aliphatic heterocycles. The smallest absolute Gasteiger partial charge is 0.246 e. The predicted octanol–water partition coefficient (Wildman–Crippen LogP) is 3.31. The molecule has 2 heterocycles. The molecule has 0 saturated carbocycles. The van der Waals surface area contributed by atoms with E-state index >= 15 is 0 Å². The number of hydrogen-bond donors (Lipinski definition) is 4. The first kappa shape index (κ1) is 27.4. The molecule has 4 atom stereocenters.